The van der Waals surface area contributed by atoms with Crippen molar-refractivity contribution in [1.82, 2.24) is 9.97 Å². The lowest BCUT2D eigenvalue weighted by molar-refractivity contribution is 0.507. The summed E-state index contributed by atoms with van der Waals surface area (Å²) >= 11 is 6.03. The molecule has 23 heavy (non-hydrogen) atoms. The van der Waals surface area contributed by atoms with Gasteiger partial charge in [0.2, 0.25) is 0 Å². The van der Waals surface area contributed by atoms with Crippen LogP contribution < -0.4 is 5.32 Å². The number of halogens is 3. The molecule has 0 bridgehead atoms. The first kappa shape index (κ1) is 15.4. The molecule has 0 saturated heterocycles. The Morgan fingerprint density at radius 3 is 2.43 bits per heavy atom. The third-order valence-electron chi connectivity index (χ3n) is 3.18. The molecule has 0 saturated carbocycles. The zero-order valence-corrected chi connectivity index (χ0v) is 12.7. The second-order valence-corrected chi connectivity index (χ2v) is 5.25. The van der Waals surface area contributed by atoms with Crippen molar-refractivity contribution in [3.63, 3.8) is 0 Å². The molecule has 0 spiro atoms. The number of anilines is 1. The largest absolute Gasteiger partial charge is 0.366 e. The van der Waals surface area contributed by atoms with Crippen LogP contribution in [0.1, 0.15) is 5.56 Å². The van der Waals surface area contributed by atoms with Gasteiger partial charge in [0, 0.05) is 18.2 Å². The standard InChI is InChI=1S/C17H12ClF2N3/c18-15-9-16(21-10-11-6-7-13(19)14(20)8-11)23-17(22-15)12-4-2-1-3-5-12/h1-9H,10H2,(H,21,22,23). The Labute approximate surface area is 137 Å². The quantitative estimate of drug-likeness (QED) is 0.705. The molecule has 3 nitrogen and oxygen atoms in total. The predicted molar refractivity (Wildman–Crippen MR) is 86.2 cm³/mol. The third kappa shape index (κ3) is 3.81. The Hall–Kier alpha value is -2.53. The second-order valence-electron chi connectivity index (χ2n) is 4.87. The minimum atomic E-state index is -0.880. The lowest BCUT2D eigenvalue weighted by Crippen LogP contribution is -2.04. The maximum absolute atomic E-state index is 13.2. The molecule has 116 valence electrons. The summed E-state index contributed by atoms with van der Waals surface area (Å²) in [6.45, 7) is 0.290. The van der Waals surface area contributed by atoms with Crippen molar-refractivity contribution >= 4 is 17.4 Å². The van der Waals surface area contributed by atoms with E-state index in [-0.39, 0.29) is 0 Å². The first-order valence-corrected chi connectivity index (χ1v) is 7.27. The molecule has 1 N–H and O–H groups in total. The molecule has 0 unspecified atom stereocenters. The molecule has 0 aliphatic carbocycles. The maximum atomic E-state index is 13.2. The minimum absolute atomic E-state index is 0.290. The molecule has 3 rings (SSSR count). The SMILES string of the molecule is Fc1ccc(CNc2cc(Cl)nc(-c3ccccc3)n2)cc1F. The number of nitrogens with one attached hydrogen (secondary N) is 1. The van der Waals surface area contributed by atoms with Gasteiger partial charge in [-0.05, 0) is 17.7 Å². The highest BCUT2D eigenvalue weighted by atomic mass is 35.5. The highest BCUT2D eigenvalue weighted by molar-refractivity contribution is 6.29. The van der Waals surface area contributed by atoms with E-state index in [1.54, 1.807) is 6.07 Å². The fourth-order valence-corrected chi connectivity index (χ4v) is 2.25. The molecule has 1 heterocycles. The summed E-state index contributed by atoms with van der Waals surface area (Å²) in [6, 6.07) is 14.7. The van der Waals surface area contributed by atoms with Gasteiger partial charge in [-0.15, -0.1) is 0 Å². The van der Waals surface area contributed by atoms with Crippen molar-refractivity contribution in [1.29, 1.82) is 0 Å². The maximum Gasteiger partial charge on any atom is 0.163 e. The molecular weight excluding hydrogens is 320 g/mol. The number of aromatic nitrogens is 2. The summed E-state index contributed by atoms with van der Waals surface area (Å²) in [4.78, 5) is 8.57. The van der Waals surface area contributed by atoms with Crippen molar-refractivity contribution in [2.75, 3.05) is 5.32 Å². The second kappa shape index (κ2) is 6.71. The van der Waals surface area contributed by atoms with Gasteiger partial charge in [-0.25, -0.2) is 18.7 Å². The number of nitrogens with zero attached hydrogens (tertiary/aromatic N) is 2. The molecule has 0 fully saturated rings. The molecular formula is C17H12ClF2N3. The van der Waals surface area contributed by atoms with Crippen LogP contribution in [0.2, 0.25) is 5.15 Å². The summed E-state index contributed by atoms with van der Waals surface area (Å²) in [6.07, 6.45) is 0. The Morgan fingerprint density at radius 2 is 1.70 bits per heavy atom. The monoisotopic (exact) mass is 331 g/mol. The molecule has 6 heteroatoms. The van der Waals surface area contributed by atoms with Crippen molar-refractivity contribution in [3.05, 3.63) is 76.9 Å². The molecule has 3 aromatic rings. The van der Waals surface area contributed by atoms with E-state index < -0.39 is 11.6 Å². The number of hydrogen-bond donors (Lipinski definition) is 1. The van der Waals surface area contributed by atoms with Gasteiger partial charge in [-0.2, -0.15) is 0 Å². The average Bonchev–Trinajstić information content (AvgIpc) is 2.56. The molecule has 0 aliphatic rings. The molecule has 0 radical (unpaired) electrons. The smallest absolute Gasteiger partial charge is 0.163 e. The van der Waals surface area contributed by atoms with Crippen LogP contribution in [0.5, 0.6) is 0 Å². The van der Waals surface area contributed by atoms with Gasteiger partial charge in [-0.1, -0.05) is 48.0 Å². The Balaban J connectivity index is 1.80. The summed E-state index contributed by atoms with van der Waals surface area (Å²) in [7, 11) is 0. The van der Waals surface area contributed by atoms with Crippen molar-refractivity contribution < 1.29 is 8.78 Å². The van der Waals surface area contributed by atoms with E-state index in [9.17, 15) is 8.78 Å². The van der Waals surface area contributed by atoms with Crippen LogP contribution in [-0.2, 0) is 6.54 Å². The van der Waals surface area contributed by atoms with Crippen LogP contribution in [0.15, 0.2) is 54.6 Å². The normalized spacial score (nSPS) is 10.6. The summed E-state index contributed by atoms with van der Waals surface area (Å²) in [5.41, 5.74) is 1.44. The van der Waals surface area contributed by atoms with Crippen LogP contribution >= 0.6 is 11.6 Å². The van der Waals surface area contributed by atoms with Gasteiger partial charge < -0.3 is 5.32 Å². The van der Waals surface area contributed by atoms with Gasteiger partial charge in [0.15, 0.2) is 17.5 Å². The van der Waals surface area contributed by atoms with E-state index in [1.165, 1.54) is 6.07 Å². The predicted octanol–water partition coefficient (Wildman–Crippen LogP) is 4.69. The number of benzene rings is 2. The van der Waals surface area contributed by atoms with Crippen LogP contribution in [0.4, 0.5) is 14.6 Å². The first-order valence-electron chi connectivity index (χ1n) is 6.89. The van der Waals surface area contributed by atoms with Crippen molar-refractivity contribution in [2.45, 2.75) is 6.54 Å². The molecule has 0 amide bonds. The van der Waals surface area contributed by atoms with Gasteiger partial charge in [0.05, 0.1) is 0 Å². The van der Waals surface area contributed by atoms with E-state index in [0.29, 0.717) is 28.9 Å². The van der Waals surface area contributed by atoms with E-state index in [2.05, 4.69) is 15.3 Å². The summed E-state index contributed by atoms with van der Waals surface area (Å²) < 4.78 is 26.1. The lowest BCUT2D eigenvalue weighted by Gasteiger charge is -2.08. The molecule has 1 aromatic heterocycles. The topological polar surface area (TPSA) is 37.8 Å². The lowest BCUT2D eigenvalue weighted by atomic mass is 10.2. The Kier molecular flexibility index (Phi) is 4.48. The summed E-state index contributed by atoms with van der Waals surface area (Å²) in [5, 5.41) is 3.33. The van der Waals surface area contributed by atoms with Gasteiger partial charge >= 0.3 is 0 Å². The van der Waals surface area contributed by atoms with Gasteiger partial charge in [0.25, 0.3) is 0 Å². The summed E-state index contributed by atoms with van der Waals surface area (Å²) in [5.74, 6) is -0.750. The third-order valence-corrected chi connectivity index (χ3v) is 3.38. The van der Waals surface area contributed by atoms with E-state index in [1.807, 2.05) is 30.3 Å². The van der Waals surface area contributed by atoms with Crippen molar-refractivity contribution in [3.8, 4) is 11.4 Å². The number of rotatable bonds is 4. The molecule has 0 aliphatic heterocycles. The highest BCUT2D eigenvalue weighted by Crippen LogP contribution is 2.20. The van der Waals surface area contributed by atoms with Gasteiger partial charge in [-0.3, -0.25) is 0 Å². The van der Waals surface area contributed by atoms with Crippen LogP contribution in [0.3, 0.4) is 0 Å². The van der Waals surface area contributed by atoms with E-state index >= 15 is 0 Å². The van der Waals surface area contributed by atoms with Crippen LogP contribution in [0, 0.1) is 11.6 Å². The van der Waals surface area contributed by atoms with Gasteiger partial charge in [0.1, 0.15) is 11.0 Å². The zero-order valence-electron chi connectivity index (χ0n) is 11.9. The van der Waals surface area contributed by atoms with Crippen LogP contribution in [-0.4, -0.2) is 9.97 Å². The minimum Gasteiger partial charge on any atom is -0.366 e. The number of hydrogen-bond acceptors (Lipinski definition) is 3. The molecule has 0 atom stereocenters. The highest BCUT2D eigenvalue weighted by Gasteiger charge is 2.07. The van der Waals surface area contributed by atoms with E-state index in [4.69, 9.17) is 11.6 Å². The fraction of sp³-hybridized carbons (Fsp3) is 0.0588. The average molecular weight is 332 g/mol. The Morgan fingerprint density at radius 1 is 0.913 bits per heavy atom. The first-order chi connectivity index (χ1) is 11.1. The van der Waals surface area contributed by atoms with Crippen molar-refractivity contribution in [2.24, 2.45) is 0 Å². The van der Waals surface area contributed by atoms with E-state index in [0.717, 1.165) is 17.7 Å². The Bertz CT molecular complexity index is 825. The fourth-order valence-electron chi connectivity index (χ4n) is 2.07. The van der Waals surface area contributed by atoms with Crippen LogP contribution in [0.25, 0.3) is 11.4 Å². The molecule has 2 aromatic carbocycles. The zero-order chi connectivity index (χ0) is 16.2.